The maximum absolute atomic E-state index is 6.59. The molecular weight excluding hydrogens is 669 g/mol. The van der Waals surface area contributed by atoms with Crippen LogP contribution in [0, 0.1) is 0 Å². The molecule has 0 atom stereocenters. The van der Waals surface area contributed by atoms with Crippen molar-refractivity contribution in [3.8, 4) is 27.9 Å². The highest BCUT2D eigenvalue weighted by atomic mass is 16.3. The molecule has 0 spiro atoms. The molecule has 0 unspecified atom stereocenters. The first kappa shape index (κ1) is 31.2. The second kappa shape index (κ2) is 12.6. The van der Waals surface area contributed by atoms with Gasteiger partial charge in [-0.15, -0.1) is 0 Å². The molecule has 3 nitrogen and oxygen atoms in total. The smallest absolute Gasteiger partial charge is 0.143 e. The van der Waals surface area contributed by atoms with Crippen molar-refractivity contribution < 1.29 is 4.42 Å². The van der Waals surface area contributed by atoms with Gasteiger partial charge in [-0.3, -0.25) is 0 Å². The fraction of sp³-hybridized carbons (Fsp3) is 0. The molecule has 0 bridgehead atoms. The van der Waals surface area contributed by atoms with Crippen molar-refractivity contribution in [1.29, 1.82) is 0 Å². The Morgan fingerprint density at radius 3 is 1.89 bits per heavy atom. The Bertz CT molecular complexity index is 3190. The van der Waals surface area contributed by atoms with Gasteiger partial charge in [0, 0.05) is 49.7 Å². The van der Waals surface area contributed by atoms with Crippen molar-refractivity contribution in [3.05, 3.63) is 206 Å². The molecule has 0 aliphatic heterocycles. The number of para-hydroxylation sites is 2. The van der Waals surface area contributed by atoms with Crippen molar-refractivity contribution in [2.24, 2.45) is 0 Å². The quantitative estimate of drug-likeness (QED) is 0.172. The highest BCUT2D eigenvalue weighted by molar-refractivity contribution is 6.19. The zero-order chi connectivity index (χ0) is 36.3. The fourth-order valence-electron chi connectivity index (χ4n) is 8.44. The van der Waals surface area contributed by atoms with Crippen LogP contribution in [0.1, 0.15) is 0 Å². The topological polar surface area (TPSA) is 21.3 Å². The van der Waals surface area contributed by atoms with Crippen LogP contribution in [0.4, 0.5) is 17.1 Å². The molecule has 55 heavy (non-hydrogen) atoms. The van der Waals surface area contributed by atoms with E-state index >= 15 is 0 Å². The van der Waals surface area contributed by atoms with Gasteiger partial charge in [0.1, 0.15) is 11.2 Å². The van der Waals surface area contributed by atoms with Crippen LogP contribution in [0.25, 0.3) is 82.5 Å². The molecule has 0 saturated carbocycles. The summed E-state index contributed by atoms with van der Waals surface area (Å²) in [5.74, 6) is 0. The minimum Gasteiger partial charge on any atom is -0.455 e. The first-order chi connectivity index (χ1) is 27.3. The van der Waals surface area contributed by atoms with E-state index in [9.17, 15) is 0 Å². The van der Waals surface area contributed by atoms with Gasteiger partial charge in [-0.25, -0.2) is 0 Å². The lowest BCUT2D eigenvalue weighted by Crippen LogP contribution is -2.10. The predicted molar refractivity (Wildman–Crippen MR) is 231 cm³/mol. The van der Waals surface area contributed by atoms with Crippen LogP contribution in [0.15, 0.2) is 211 Å². The van der Waals surface area contributed by atoms with Gasteiger partial charge in [0.05, 0.1) is 11.0 Å². The van der Waals surface area contributed by atoms with Gasteiger partial charge in [-0.1, -0.05) is 133 Å². The molecule has 0 aliphatic carbocycles. The largest absolute Gasteiger partial charge is 0.455 e. The summed E-state index contributed by atoms with van der Waals surface area (Å²) in [7, 11) is 0. The van der Waals surface area contributed by atoms with Crippen LogP contribution in [0.3, 0.4) is 0 Å². The Balaban J connectivity index is 1.11. The normalized spacial score (nSPS) is 11.6. The third-order valence-electron chi connectivity index (χ3n) is 11.0. The van der Waals surface area contributed by atoms with E-state index in [1.165, 1.54) is 38.3 Å². The SMILES string of the molecule is c1ccc(-c2ccc(N(c3cccc(-c4cccc5oc6c7ccccc7ccc6c45)c3)c3ccc4c(c3)c3ccccc3n4-c3ccccc3)cc2)cc1. The Morgan fingerprint density at radius 1 is 0.382 bits per heavy atom. The van der Waals surface area contributed by atoms with Crippen molar-refractivity contribution in [2.75, 3.05) is 4.90 Å². The molecule has 0 radical (unpaired) electrons. The highest BCUT2D eigenvalue weighted by Crippen LogP contribution is 2.43. The molecule has 0 amide bonds. The van der Waals surface area contributed by atoms with E-state index in [4.69, 9.17) is 4.42 Å². The molecule has 0 saturated heterocycles. The van der Waals surface area contributed by atoms with Gasteiger partial charge < -0.3 is 13.9 Å². The van der Waals surface area contributed by atoms with Gasteiger partial charge in [-0.2, -0.15) is 0 Å². The van der Waals surface area contributed by atoms with Crippen molar-refractivity contribution in [1.82, 2.24) is 4.57 Å². The second-order valence-corrected chi connectivity index (χ2v) is 14.1. The summed E-state index contributed by atoms with van der Waals surface area (Å²) in [5.41, 5.74) is 13.3. The fourth-order valence-corrected chi connectivity index (χ4v) is 8.44. The molecule has 11 aromatic rings. The maximum Gasteiger partial charge on any atom is 0.143 e. The molecule has 258 valence electrons. The third-order valence-corrected chi connectivity index (χ3v) is 11.0. The summed E-state index contributed by atoms with van der Waals surface area (Å²) in [4.78, 5) is 2.38. The van der Waals surface area contributed by atoms with Crippen molar-refractivity contribution in [3.63, 3.8) is 0 Å². The summed E-state index contributed by atoms with van der Waals surface area (Å²) >= 11 is 0. The predicted octanol–water partition coefficient (Wildman–Crippen LogP) is 14.6. The number of rotatable bonds is 6. The molecule has 2 aromatic heterocycles. The van der Waals surface area contributed by atoms with Gasteiger partial charge in [0.25, 0.3) is 0 Å². The van der Waals surface area contributed by atoms with E-state index in [0.717, 1.165) is 61.2 Å². The van der Waals surface area contributed by atoms with E-state index in [-0.39, 0.29) is 0 Å². The molecule has 11 rings (SSSR count). The van der Waals surface area contributed by atoms with Crippen LogP contribution in [0.2, 0.25) is 0 Å². The summed E-state index contributed by atoms with van der Waals surface area (Å²) in [6.07, 6.45) is 0. The minimum absolute atomic E-state index is 0.892. The number of benzene rings is 9. The van der Waals surface area contributed by atoms with Crippen LogP contribution in [-0.2, 0) is 0 Å². The Morgan fingerprint density at radius 2 is 1.04 bits per heavy atom. The zero-order valence-corrected chi connectivity index (χ0v) is 29.9. The maximum atomic E-state index is 6.59. The molecule has 2 heterocycles. The van der Waals surface area contributed by atoms with E-state index < -0.39 is 0 Å². The standard InChI is InChI=1S/C52H34N2O/c1-3-13-35(14-4-1)36-25-28-40(29-26-36)53(42-30-32-49-47(34-42)45-21-9-10-23-48(45)54(49)39-17-5-2-6-18-39)41-19-11-16-38(33-41)43-22-12-24-50-51(43)46-31-27-37-15-7-8-20-44(37)52(46)55-50/h1-34H. The highest BCUT2D eigenvalue weighted by Gasteiger charge is 2.20. The number of hydrogen-bond acceptors (Lipinski definition) is 2. The number of aromatic nitrogens is 1. The monoisotopic (exact) mass is 702 g/mol. The summed E-state index contributed by atoms with van der Waals surface area (Å²) in [5, 5.41) is 7.00. The Hall–Kier alpha value is -7.36. The van der Waals surface area contributed by atoms with Crippen LogP contribution < -0.4 is 4.90 Å². The van der Waals surface area contributed by atoms with E-state index in [2.05, 4.69) is 216 Å². The second-order valence-electron chi connectivity index (χ2n) is 14.1. The molecule has 0 N–H and O–H groups in total. The number of hydrogen-bond donors (Lipinski definition) is 0. The van der Waals surface area contributed by atoms with Crippen LogP contribution in [0.5, 0.6) is 0 Å². The first-order valence-corrected chi connectivity index (χ1v) is 18.8. The number of furan rings is 1. The average molecular weight is 703 g/mol. The van der Waals surface area contributed by atoms with Gasteiger partial charge in [0.15, 0.2) is 0 Å². The number of anilines is 3. The van der Waals surface area contributed by atoms with Crippen LogP contribution in [-0.4, -0.2) is 4.57 Å². The van der Waals surface area contributed by atoms with E-state index in [1.54, 1.807) is 0 Å². The zero-order valence-electron chi connectivity index (χ0n) is 29.9. The molecule has 0 fully saturated rings. The summed E-state index contributed by atoms with van der Waals surface area (Å²) in [6.45, 7) is 0. The lowest BCUT2D eigenvalue weighted by molar-refractivity contribution is 0.673. The van der Waals surface area contributed by atoms with Gasteiger partial charge >= 0.3 is 0 Å². The van der Waals surface area contributed by atoms with Crippen molar-refractivity contribution >= 4 is 71.6 Å². The molecule has 0 aliphatic rings. The number of fused-ring (bicyclic) bond motifs is 8. The molecule has 9 aromatic carbocycles. The van der Waals surface area contributed by atoms with Gasteiger partial charge in [0.2, 0.25) is 0 Å². The van der Waals surface area contributed by atoms with Gasteiger partial charge in [-0.05, 0) is 100 Å². The minimum atomic E-state index is 0.892. The van der Waals surface area contributed by atoms with E-state index in [0.29, 0.717) is 0 Å². The lowest BCUT2D eigenvalue weighted by atomic mass is 9.97. The number of nitrogens with zero attached hydrogens (tertiary/aromatic N) is 2. The first-order valence-electron chi connectivity index (χ1n) is 18.8. The van der Waals surface area contributed by atoms with Crippen molar-refractivity contribution in [2.45, 2.75) is 0 Å². The summed E-state index contributed by atoms with van der Waals surface area (Å²) in [6, 6.07) is 73.9. The van der Waals surface area contributed by atoms with Crippen LogP contribution >= 0.6 is 0 Å². The van der Waals surface area contributed by atoms with E-state index in [1.807, 2.05) is 0 Å². The molecular formula is C52H34N2O. The molecule has 3 heteroatoms. The third kappa shape index (κ3) is 5.13. The average Bonchev–Trinajstić information content (AvgIpc) is 3.81. The Kier molecular flexibility index (Phi) is 7.17. The lowest BCUT2D eigenvalue weighted by Gasteiger charge is -2.26. The Labute approximate surface area is 318 Å². The summed E-state index contributed by atoms with van der Waals surface area (Å²) < 4.78 is 8.96.